The molecule has 0 saturated heterocycles. The molecule has 2 heterocycles. The van der Waals surface area contributed by atoms with Crippen molar-refractivity contribution in [1.82, 2.24) is 9.55 Å². The number of hydrogen-bond acceptors (Lipinski definition) is 1. The summed E-state index contributed by atoms with van der Waals surface area (Å²) in [4.78, 5) is 5.05. The molecule has 4 rings (SSSR count). The predicted octanol–water partition coefficient (Wildman–Crippen LogP) is 5.64. The van der Waals surface area contributed by atoms with Crippen molar-refractivity contribution < 1.29 is 0 Å². The Morgan fingerprint density at radius 3 is 2.83 bits per heavy atom. The molecule has 0 aliphatic heterocycles. The van der Waals surface area contributed by atoms with E-state index >= 15 is 0 Å². The zero-order valence-corrected chi connectivity index (χ0v) is 15.6. The van der Waals surface area contributed by atoms with Crippen molar-refractivity contribution in [1.29, 1.82) is 0 Å². The number of para-hydroxylation sites is 1. The van der Waals surface area contributed by atoms with Gasteiger partial charge in [-0.15, -0.1) is 11.6 Å². The van der Waals surface area contributed by atoms with E-state index in [1.54, 1.807) is 0 Å². The highest BCUT2D eigenvalue weighted by atomic mass is 35.5. The van der Waals surface area contributed by atoms with Crippen molar-refractivity contribution in [3.8, 4) is 0 Å². The quantitative estimate of drug-likeness (QED) is 0.564. The first kappa shape index (κ1) is 16.0. The Morgan fingerprint density at radius 2 is 2.04 bits per heavy atom. The van der Waals surface area contributed by atoms with Crippen LogP contribution in [0.5, 0.6) is 0 Å². The molecule has 1 aromatic carbocycles. The fourth-order valence-corrected chi connectivity index (χ4v) is 4.44. The maximum atomic E-state index is 5.98. The normalized spacial score (nSPS) is 16.7. The fraction of sp³-hybridized carbons (Fsp3) is 0.476. The first-order valence-electron chi connectivity index (χ1n) is 8.97. The van der Waals surface area contributed by atoms with Crippen molar-refractivity contribution in [2.75, 3.05) is 5.88 Å². The predicted molar refractivity (Wildman–Crippen MR) is 103 cm³/mol. The van der Waals surface area contributed by atoms with E-state index in [4.69, 9.17) is 16.6 Å². The van der Waals surface area contributed by atoms with Crippen LogP contribution in [0.2, 0.25) is 0 Å². The maximum Gasteiger partial charge on any atom is 0.0710 e. The lowest BCUT2D eigenvalue weighted by Crippen LogP contribution is -2.23. The van der Waals surface area contributed by atoms with Gasteiger partial charge in [-0.05, 0) is 49.7 Å². The Hall–Kier alpha value is -1.54. The van der Waals surface area contributed by atoms with Gasteiger partial charge in [0, 0.05) is 34.4 Å². The molecule has 0 radical (unpaired) electrons. The summed E-state index contributed by atoms with van der Waals surface area (Å²) in [6.07, 6.45) is 4.44. The van der Waals surface area contributed by atoms with Crippen LogP contribution >= 0.6 is 11.6 Å². The van der Waals surface area contributed by atoms with E-state index in [2.05, 4.69) is 49.6 Å². The molecule has 0 amide bonds. The molecule has 0 saturated carbocycles. The van der Waals surface area contributed by atoms with Crippen LogP contribution in [0.4, 0.5) is 0 Å². The number of nitrogens with zero attached hydrogens (tertiary/aromatic N) is 2. The van der Waals surface area contributed by atoms with E-state index in [0.717, 1.165) is 31.5 Å². The van der Waals surface area contributed by atoms with Crippen LogP contribution in [-0.2, 0) is 19.4 Å². The van der Waals surface area contributed by atoms with Crippen molar-refractivity contribution >= 4 is 33.4 Å². The SMILES string of the molecule is Cc1nc2c(c3c4ccccc4n(CCCCl)c13)CCC(C)(C)C2. The molecule has 0 fully saturated rings. The highest BCUT2D eigenvalue weighted by Gasteiger charge is 2.29. The number of aromatic nitrogens is 2. The molecule has 3 heteroatoms. The third kappa shape index (κ3) is 2.43. The number of halogens is 1. The van der Waals surface area contributed by atoms with Gasteiger partial charge in [-0.2, -0.15) is 0 Å². The van der Waals surface area contributed by atoms with Crippen LogP contribution in [0.1, 0.15) is 43.6 Å². The number of fused-ring (bicyclic) bond motifs is 5. The molecular formula is C21H25ClN2. The third-order valence-electron chi connectivity index (χ3n) is 5.48. The number of benzene rings is 1. The molecule has 1 aliphatic carbocycles. The molecule has 0 spiro atoms. The van der Waals surface area contributed by atoms with Gasteiger partial charge in [0.15, 0.2) is 0 Å². The Morgan fingerprint density at radius 1 is 1.25 bits per heavy atom. The van der Waals surface area contributed by atoms with Gasteiger partial charge in [-0.3, -0.25) is 4.98 Å². The van der Waals surface area contributed by atoms with Gasteiger partial charge in [0.1, 0.15) is 0 Å². The highest BCUT2D eigenvalue weighted by Crippen LogP contribution is 2.41. The van der Waals surface area contributed by atoms with Crippen LogP contribution < -0.4 is 0 Å². The minimum absolute atomic E-state index is 0.358. The third-order valence-corrected chi connectivity index (χ3v) is 5.75. The van der Waals surface area contributed by atoms with Crippen LogP contribution in [0, 0.1) is 12.3 Å². The summed E-state index contributed by atoms with van der Waals surface area (Å²) >= 11 is 5.98. The van der Waals surface area contributed by atoms with Crippen molar-refractivity contribution in [2.24, 2.45) is 5.41 Å². The molecule has 24 heavy (non-hydrogen) atoms. The topological polar surface area (TPSA) is 17.8 Å². The molecule has 126 valence electrons. The standard InChI is InChI=1S/C21H25ClN2/c1-14-20-19(15-9-10-21(2,3)13-17(15)23-14)16-7-4-5-8-18(16)24(20)12-6-11-22/h4-5,7-8H,6,9-13H2,1-3H3. The molecule has 0 bridgehead atoms. The number of alkyl halides is 1. The first-order chi connectivity index (χ1) is 11.5. The van der Waals surface area contributed by atoms with E-state index in [-0.39, 0.29) is 0 Å². The van der Waals surface area contributed by atoms with E-state index in [1.165, 1.54) is 39.5 Å². The van der Waals surface area contributed by atoms with Gasteiger partial charge in [-0.25, -0.2) is 0 Å². The van der Waals surface area contributed by atoms with E-state index < -0.39 is 0 Å². The van der Waals surface area contributed by atoms with Gasteiger partial charge >= 0.3 is 0 Å². The van der Waals surface area contributed by atoms with Crippen molar-refractivity contribution in [2.45, 2.75) is 53.0 Å². The van der Waals surface area contributed by atoms with Gasteiger partial charge < -0.3 is 4.57 Å². The Kier molecular flexibility index (Phi) is 3.84. The first-order valence-corrected chi connectivity index (χ1v) is 9.50. The summed E-state index contributed by atoms with van der Waals surface area (Å²) in [5.41, 5.74) is 6.96. The summed E-state index contributed by atoms with van der Waals surface area (Å²) in [5, 5.41) is 2.82. The smallest absolute Gasteiger partial charge is 0.0710 e. The molecule has 2 aromatic heterocycles. The summed E-state index contributed by atoms with van der Waals surface area (Å²) in [6, 6.07) is 8.80. The number of aryl methyl sites for hydroxylation is 3. The molecule has 2 nitrogen and oxygen atoms in total. The second kappa shape index (κ2) is 5.77. The molecule has 0 N–H and O–H groups in total. The molecular weight excluding hydrogens is 316 g/mol. The molecule has 0 unspecified atom stereocenters. The summed E-state index contributed by atoms with van der Waals surface area (Å²) in [6.45, 7) is 7.85. The van der Waals surface area contributed by atoms with Gasteiger partial charge in [0.05, 0.1) is 11.2 Å². The van der Waals surface area contributed by atoms with E-state index in [0.29, 0.717) is 11.3 Å². The monoisotopic (exact) mass is 340 g/mol. The van der Waals surface area contributed by atoms with Crippen LogP contribution in [0.15, 0.2) is 24.3 Å². The number of hydrogen-bond donors (Lipinski definition) is 0. The molecule has 3 aromatic rings. The maximum absolute atomic E-state index is 5.98. The van der Waals surface area contributed by atoms with Crippen molar-refractivity contribution in [3.63, 3.8) is 0 Å². The molecule has 0 atom stereocenters. The Labute approximate surface area is 148 Å². The zero-order chi connectivity index (χ0) is 16.9. The molecule has 1 aliphatic rings. The van der Waals surface area contributed by atoms with Crippen LogP contribution in [0.3, 0.4) is 0 Å². The summed E-state index contributed by atoms with van der Waals surface area (Å²) in [7, 11) is 0. The van der Waals surface area contributed by atoms with Crippen LogP contribution in [-0.4, -0.2) is 15.4 Å². The lowest BCUT2D eigenvalue weighted by atomic mass is 9.75. The average Bonchev–Trinajstić information content (AvgIpc) is 2.87. The highest BCUT2D eigenvalue weighted by molar-refractivity contribution is 6.17. The largest absolute Gasteiger partial charge is 0.339 e. The number of pyridine rings is 1. The van der Waals surface area contributed by atoms with Crippen molar-refractivity contribution in [3.05, 3.63) is 41.2 Å². The van der Waals surface area contributed by atoms with E-state index in [9.17, 15) is 0 Å². The van der Waals surface area contributed by atoms with Gasteiger partial charge in [0.2, 0.25) is 0 Å². The Balaban J connectivity index is 2.07. The fourth-order valence-electron chi connectivity index (χ4n) is 4.32. The summed E-state index contributed by atoms with van der Waals surface area (Å²) < 4.78 is 2.44. The van der Waals surface area contributed by atoms with Gasteiger partial charge in [-0.1, -0.05) is 32.0 Å². The second-order valence-electron chi connectivity index (χ2n) is 7.90. The number of rotatable bonds is 3. The average molecular weight is 341 g/mol. The lowest BCUT2D eigenvalue weighted by Gasteiger charge is -2.31. The zero-order valence-electron chi connectivity index (χ0n) is 14.8. The van der Waals surface area contributed by atoms with Gasteiger partial charge in [0.25, 0.3) is 0 Å². The lowest BCUT2D eigenvalue weighted by molar-refractivity contribution is 0.311. The summed E-state index contributed by atoms with van der Waals surface area (Å²) in [5.74, 6) is 0.694. The minimum atomic E-state index is 0.358. The minimum Gasteiger partial charge on any atom is -0.339 e. The van der Waals surface area contributed by atoms with E-state index in [1.807, 2.05) is 0 Å². The van der Waals surface area contributed by atoms with Crippen LogP contribution in [0.25, 0.3) is 21.8 Å². The second-order valence-corrected chi connectivity index (χ2v) is 8.28. The Bertz CT molecular complexity index is 921.